The molecular formula is C19H17FN2O. The Labute approximate surface area is 133 Å². The van der Waals surface area contributed by atoms with Gasteiger partial charge in [-0.15, -0.1) is 0 Å². The van der Waals surface area contributed by atoms with Gasteiger partial charge in [-0.3, -0.25) is 4.99 Å². The van der Waals surface area contributed by atoms with Gasteiger partial charge in [0.05, 0.1) is 18.5 Å². The molecule has 1 aromatic heterocycles. The molecule has 3 nitrogen and oxygen atoms in total. The van der Waals surface area contributed by atoms with Crippen molar-refractivity contribution in [3.63, 3.8) is 0 Å². The summed E-state index contributed by atoms with van der Waals surface area (Å²) in [5.74, 6) is 0.652. The summed E-state index contributed by atoms with van der Waals surface area (Å²) >= 11 is 0. The lowest BCUT2D eigenvalue weighted by Gasteiger charge is -2.13. The van der Waals surface area contributed by atoms with Crippen molar-refractivity contribution in [2.24, 2.45) is 4.99 Å². The first-order valence-corrected chi connectivity index (χ1v) is 7.71. The van der Waals surface area contributed by atoms with E-state index in [0.29, 0.717) is 6.42 Å². The predicted octanol–water partition coefficient (Wildman–Crippen LogP) is 3.90. The highest BCUT2D eigenvalue weighted by Crippen LogP contribution is 2.30. The van der Waals surface area contributed by atoms with Crippen LogP contribution in [0.5, 0.6) is 5.75 Å². The number of ether oxygens (including phenoxy) is 1. The third kappa shape index (κ3) is 2.50. The van der Waals surface area contributed by atoms with Crippen LogP contribution in [0.4, 0.5) is 4.39 Å². The monoisotopic (exact) mass is 308 g/mol. The third-order valence-corrected chi connectivity index (χ3v) is 4.35. The van der Waals surface area contributed by atoms with Crippen LogP contribution >= 0.6 is 0 Å². The van der Waals surface area contributed by atoms with Gasteiger partial charge in [0.2, 0.25) is 0 Å². The quantitative estimate of drug-likeness (QED) is 0.783. The van der Waals surface area contributed by atoms with Crippen LogP contribution in [-0.2, 0) is 12.8 Å². The standard InChI is InChI=1S/C19H17FN2O/c1-23-14-6-7-17-16(11-14)15-8-9-21-18(19(15)22-17)10-12-2-4-13(20)5-3-12/h2-7,11,22H,8-10H2,1H3. The van der Waals surface area contributed by atoms with Gasteiger partial charge in [0.25, 0.3) is 0 Å². The van der Waals surface area contributed by atoms with Gasteiger partial charge in [-0.1, -0.05) is 12.1 Å². The highest BCUT2D eigenvalue weighted by atomic mass is 19.1. The summed E-state index contributed by atoms with van der Waals surface area (Å²) in [6.07, 6.45) is 1.63. The molecule has 0 radical (unpaired) electrons. The number of hydrogen-bond acceptors (Lipinski definition) is 2. The summed E-state index contributed by atoms with van der Waals surface area (Å²) in [5, 5.41) is 1.20. The van der Waals surface area contributed by atoms with E-state index in [-0.39, 0.29) is 5.82 Å². The highest BCUT2D eigenvalue weighted by Gasteiger charge is 2.20. The third-order valence-electron chi connectivity index (χ3n) is 4.35. The van der Waals surface area contributed by atoms with E-state index in [1.807, 2.05) is 24.3 Å². The van der Waals surface area contributed by atoms with Crippen molar-refractivity contribution in [2.45, 2.75) is 12.8 Å². The van der Waals surface area contributed by atoms with Crippen LogP contribution in [0.1, 0.15) is 16.8 Å². The minimum absolute atomic E-state index is 0.210. The van der Waals surface area contributed by atoms with Crippen LogP contribution < -0.4 is 4.74 Å². The maximum Gasteiger partial charge on any atom is 0.123 e. The Morgan fingerprint density at radius 3 is 2.78 bits per heavy atom. The molecule has 0 spiro atoms. The van der Waals surface area contributed by atoms with Gasteiger partial charge < -0.3 is 9.72 Å². The molecule has 0 aliphatic carbocycles. The topological polar surface area (TPSA) is 37.4 Å². The van der Waals surface area contributed by atoms with Crippen molar-refractivity contribution < 1.29 is 9.13 Å². The number of hydrogen-bond donors (Lipinski definition) is 1. The second-order valence-corrected chi connectivity index (χ2v) is 5.77. The predicted molar refractivity (Wildman–Crippen MR) is 90.1 cm³/mol. The highest BCUT2D eigenvalue weighted by molar-refractivity contribution is 6.07. The Bertz CT molecular complexity index is 894. The molecule has 0 bridgehead atoms. The van der Waals surface area contributed by atoms with E-state index in [1.165, 1.54) is 23.1 Å². The number of nitrogens with one attached hydrogen (secondary N) is 1. The van der Waals surface area contributed by atoms with Gasteiger partial charge >= 0.3 is 0 Å². The van der Waals surface area contributed by atoms with E-state index in [4.69, 9.17) is 4.74 Å². The van der Waals surface area contributed by atoms with E-state index < -0.39 is 0 Å². The lowest BCUT2D eigenvalue weighted by molar-refractivity contribution is 0.415. The number of halogens is 1. The smallest absolute Gasteiger partial charge is 0.123 e. The first-order chi connectivity index (χ1) is 11.2. The van der Waals surface area contributed by atoms with Crippen molar-refractivity contribution in [3.8, 4) is 5.75 Å². The number of methoxy groups -OCH3 is 1. The average Bonchev–Trinajstić information content (AvgIpc) is 2.96. The fourth-order valence-electron chi connectivity index (χ4n) is 3.18. The molecule has 4 heteroatoms. The molecule has 1 aliphatic heterocycles. The average molecular weight is 308 g/mol. The van der Waals surface area contributed by atoms with Crippen LogP contribution in [0, 0.1) is 5.82 Å². The molecule has 1 N–H and O–H groups in total. The van der Waals surface area contributed by atoms with E-state index in [9.17, 15) is 4.39 Å². The Balaban J connectivity index is 1.74. The molecule has 0 amide bonds. The molecule has 0 atom stereocenters. The number of aromatic nitrogens is 1. The van der Waals surface area contributed by atoms with Crippen LogP contribution in [0.15, 0.2) is 47.5 Å². The Morgan fingerprint density at radius 2 is 2.00 bits per heavy atom. The maximum absolute atomic E-state index is 13.1. The molecule has 4 rings (SSSR count). The van der Waals surface area contributed by atoms with E-state index in [1.54, 1.807) is 7.11 Å². The molecule has 0 unspecified atom stereocenters. The summed E-state index contributed by atoms with van der Waals surface area (Å²) in [6, 6.07) is 12.7. The van der Waals surface area contributed by atoms with E-state index >= 15 is 0 Å². The number of aromatic amines is 1. The minimum Gasteiger partial charge on any atom is -0.497 e. The van der Waals surface area contributed by atoms with Crippen molar-refractivity contribution >= 4 is 16.6 Å². The second-order valence-electron chi connectivity index (χ2n) is 5.77. The molecular weight excluding hydrogens is 291 g/mol. The molecule has 3 aromatic rings. The summed E-state index contributed by atoms with van der Waals surface area (Å²) in [7, 11) is 1.68. The summed E-state index contributed by atoms with van der Waals surface area (Å²) in [5.41, 5.74) is 5.60. The SMILES string of the molecule is COc1ccc2[nH]c3c(c2c1)CCN=C3Cc1ccc(F)cc1. The number of H-pyrrole nitrogens is 1. The van der Waals surface area contributed by atoms with Crippen molar-refractivity contribution in [1.82, 2.24) is 4.98 Å². The Kier molecular flexibility index (Phi) is 3.37. The number of aliphatic imine (C=N–C) groups is 1. The zero-order valence-corrected chi connectivity index (χ0v) is 12.9. The van der Waals surface area contributed by atoms with Gasteiger partial charge in [0, 0.05) is 23.9 Å². The molecule has 0 saturated heterocycles. The van der Waals surface area contributed by atoms with Crippen LogP contribution in [0.2, 0.25) is 0 Å². The normalized spacial score (nSPS) is 13.7. The van der Waals surface area contributed by atoms with Gasteiger partial charge in [-0.25, -0.2) is 4.39 Å². The fourth-order valence-corrected chi connectivity index (χ4v) is 3.18. The molecule has 1 aliphatic rings. The number of fused-ring (bicyclic) bond motifs is 3. The molecule has 116 valence electrons. The summed E-state index contributed by atoms with van der Waals surface area (Å²) < 4.78 is 18.4. The lowest BCUT2D eigenvalue weighted by Crippen LogP contribution is -2.14. The molecule has 0 saturated carbocycles. The largest absolute Gasteiger partial charge is 0.497 e. The Hall–Kier alpha value is -2.62. The van der Waals surface area contributed by atoms with Crippen LogP contribution in [0.3, 0.4) is 0 Å². The van der Waals surface area contributed by atoms with Gasteiger partial charge in [-0.05, 0) is 47.9 Å². The number of nitrogens with zero attached hydrogens (tertiary/aromatic N) is 1. The summed E-state index contributed by atoms with van der Waals surface area (Å²) in [6.45, 7) is 0.785. The zero-order chi connectivity index (χ0) is 15.8. The second kappa shape index (κ2) is 5.54. The van der Waals surface area contributed by atoms with Gasteiger partial charge in [0.1, 0.15) is 11.6 Å². The van der Waals surface area contributed by atoms with Crippen molar-refractivity contribution in [3.05, 3.63) is 65.1 Å². The van der Waals surface area contributed by atoms with Gasteiger partial charge in [-0.2, -0.15) is 0 Å². The van der Waals surface area contributed by atoms with Crippen molar-refractivity contribution in [2.75, 3.05) is 13.7 Å². The van der Waals surface area contributed by atoms with E-state index in [2.05, 4.69) is 16.0 Å². The molecule has 2 heterocycles. The lowest BCUT2D eigenvalue weighted by atomic mass is 9.98. The molecule has 2 aromatic carbocycles. The fraction of sp³-hybridized carbons (Fsp3) is 0.211. The van der Waals surface area contributed by atoms with Crippen LogP contribution in [-0.4, -0.2) is 24.4 Å². The number of rotatable bonds is 3. The molecule has 0 fully saturated rings. The maximum atomic E-state index is 13.1. The minimum atomic E-state index is -0.210. The van der Waals surface area contributed by atoms with Gasteiger partial charge in [0.15, 0.2) is 0 Å². The number of benzene rings is 2. The van der Waals surface area contributed by atoms with Crippen LogP contribution in [0.25, 0.3) is 10.9 Å². The first-order valence-electron chi connectivity index (χ1n) is 7.71. The molecule has 23 heavy (non-hydrogen) atoms. The first kappa shape index (κ1) is 14.0. The summed E-state index contributed by atoms with van der Waals surface area (Å²) in [4.78, 5) is 8.18. The Morgan fingerprint density at radius 1 is 1.17 bits per heavy atom. The van der Waals surface area contributed by atoms with E-state index in [0.717, 1.165) is 41.2 Å². The van der Waals surface area contributed by atoms with Crippen molar-refractivity contribution in [1.29, 1.82) is 0 Å². The zero-order valence-electron chi connectivity index (χ0n) is 12.9.